The SMILES string of the molecule is CN(C)CC1(O)CCCN(C(=O)c2ncc[nH]2)CC1. The van der Waals surface area contributed by atoms with Crippen LogP contribution in [0.15, 0.2) is 12.4 Å². The van der Waals surface area contributed by atoms with E-state index in [0.29, 0.717) is 31.9 Å². The van der Waals surface area contributed by atoms with Crippen LogP contribution in [0.25, 0.3) is 0 Å². The van der Waals surface area contributed by atoms with Crippen molar-refractivity contribution in [1.82, 2.24) is 19.8 Å². The Balaban J connectivity index is 1.98. The van der Waals surface area contributed by atoms with E-state index in [1.54, 1.807) is 17.3 Å². The van der Waals surface area contributed by atoms with E-state index in [0.717, 1.165) is 12.8 Å². The molecule has 2 rings (SSSR count). The molecule has 106 valence electrons. The van der Waals surface area contributed by atoms with Gasteiger partial charge in [-0.15, -0.1) is 0 Å². The maximum absolute atomic E-state index is 12.2. The lowest BCUT2D eigenvalue weighted by molar-refractivity contribution is 0.00302. The molecular weight excluding hydrogens is 244 g/mol. The number of nitrogens with one attached hydrogen (secondary N) is 1. The number of aliphatic hydroxyl groups is 1. The standard InChI is InChI=1S/C13H22N4O2/c1-16(2)10-13(19)4-3-8-17(9-5-13)12(18)11-14-6-7-15-11/h6-7,19H,3-5,8-10H2,1-2H3,(H,14,15). The first-order valence-corrected chi connectivity index (χ1v) is 6.66. The minimum absolute atomic E-state index is 0.0842. The molecule has 6 heteroatoms. The molecule has 0 aromatic carbocycles. The third kappa shape index (κ3) is 3.54. The van der Waals surface area contributed by atoms with Crippen LogP contribution >= 0.6 is 0 Å². The van der Waals surface area contributed by atoms with Crippen molar-refractivity contribution in [1.29, 1.82) is 0 Å². The normalized spacial score (nSPS) is 24.5. The van der Waals surface area contributed by atoms with Crippen LogP contribution in [0.4, 0.5) is 0 Å². The van der Waals surface area contributed by atoms with Crippen LogP contribution in [0.3, 0.4) is 0 Å². The largest absolute Gasteiger partial charge is 0.388 e. The Morgan fingerprint density at radius 1 is 1.53 bits per heavy atom. The van der Waals surface area contributed by atoms with E-state index in [4.69, 9.17) is 0 Å². The maximum atomic E-state index is 12.2. The second kappa shape index (κ2) is 5.71. The average Bonchev–Trinajstić information content (AvgIpc) is 2.79. The van der Waals surface area contributed by atoms with Gasteiger partial charge >= 0.3 is 0 Å². The molecular formula is C13H22N4O2. The van der Waals surface area contributed by atoms with E-state index in [-0.39, 0.29) is 5.91 Å². The van der Waals surface area contributed by atoms with Gasteiger partial charge < -0.3 is 19.9 Å². The van der Waals surface area contributed by atoms with Crippen molar-refractivity contribution >= 4 is 5.91 Å². The zero-order valence-electron chi connectivity index (χ0n) is 11.6. The number of likely N-dealkylation sites (tertiary alicyclic amines) is 1. The van der Waals surface area contributed by atoms with Gasteiger partial charge in [0, 0.05) is 32.0 Å². The number of imidazole rings is 1. The highest BCUT2D eigenvalue weighted by Crippen LogP contribution is 2.23. The first-order chi connectivity index (χ1) is 9.00. The Hall–Kier alpha value is -1.40. The number of rotatable bonds is 3. The number of aromatic amines is 1. The predicted molar refractivity (Wildman–Crippen MR) is 71.8 cm³/mol. The maximum Gasteiger partial charge on any atom is 0.289 e. The number of amides is 1. The number of nitrogens with zero attached hydrogens (tertiary/aromatic N) is 3. The van der Waals surface area contributed by atoms with Gasteiger partial charge in [0.1, 0.15) is 0 Å². The number of carbonyl (C=O) groups is 1. The summed E-state index contributed by atoms with van der Waals surface area (Å²) in [6, 6.07) is 0. The lowest BCUT2D eigenvalue weighted by Gasteiger charge is -2.29. The number of hydrogen-bond acceptors (Lipinski definition) is 4. The van der Waals surface area contributed by atoms with E-state index in [9.17, 15) is 9.90 Å². The smallest absolute Gasteiger partial charge is 0.289 e. The number of likely N-dealkylation sites (N-methyl/N-ethyl adjacent to an activating group) is 1. The van der Waals surface area contributed by atoms with E-state index in [1.165, 1.54) is 0 Å². The van der Waals surface area contributed by atoms with Crippen LogP contribution in [-0.2, 0) is 0 Å². The predicted octanol–water partition coefficient (Wildman–Crippen LogP) is 0.328. The van der Waals surface area contributed by atoms with Gasteiger partial charge in [0.15, 0.2) is 5.82 Å². The molecule has 19 heavy (non-hydrogen) atoms. The highest BCUT2D eigenvalue weighted by molar-refractivity contribution is 5.90. The van der Waals surface area contributed by atoms with Crippen molar-refractivity contribution < 1.29 is 9.90 Å². The van der Waals surface area contributed by atoms with Crippen molar-refractivity contribution in [2.24, 2.45) is 0 Å². The molecule has 1 unspecified atom stereocenters. The van der Waals surface area contributed by atoms with E-state index in [1.807, 2.05) is 19.0 Å². The summed E-state index contributed by atoms with van der Waals surface area (Å²) in [5.74, 6) is 0.289. The van der Waals surface area contributed by atoms with Crippen molar-refractivity contribution in [3.63, 3.8) is 0 Å². The summed E-state index contributed by atoms with van der Waals surface area (Å²) in [5.41, 5.74) is -0.693. The fourth-order valence-electron chi connectivity index (χ4n) is 2.66. The molecule has 1 aromatic rings. The van der Waals surface area contributed by atoms with Gasteiger partial charge in [0.25, 0.3) is 5.91 Å². The van der Waals surface area contributed by atoms with Gasteiger partial charge in [0.2, 0.25) is 0 Å². The molecule has 1 atom stereocenters. The van der Waals surface area contributed by atoms with Crippen molar-refractivity contribution in [3.05, 3.63) is 18.2 Å². The van der Waals surface area contributed by atoms with Crippen molar-refractivity contribution in [2.75, 3.05) is 33.7 Å². The van der Waals surface area contributed by atoms with Crippen LogP contribution in [0, 0.1) is 0 Å². The van der Waals surface area contributed by atoms with E-state index >= 15 is 0 Å². The van der Waals surface area contributed by atoms with Crippen LogP contribution in [0.2, 0.25) is 0 Å². The minimum atomic E-state index is -0.693. The molecule has 0 bridgehead atoms. The molecule has 0 saturated carbocycles. The Kier molecular flexibility index (Phi) is 4.21. The molecule has 2 heterocycles. The fourth-order valence-corrected chi connectivity index (χ4v) is 2.66. The summed E-state index contributed by atoms with van der Waals surface area (Å²) >= 11 is 0. The number of aromatic nitrogens is 2. The van der Waals surface area contributed by atoms with Gasteiger partial charge in [-0.2, -0.15) is 0 Å². The highest BCUT2D eigenvalue weighted by Gasteiger charge is 2.32. The van der Waals surface area contributed by atoms with E-state index < -0.39 is 5.60 Å². The molecule has 2 N–H and O–H groups in total. The first-order valence-electron chi connectivity index (χ1n) is 6.66. The molecule has 1 fully saturated rings. The molecule has 0 spiro atoms. The molecule has 1 aromatic heterocycles. The summed E-state index contributed by atoms with van der Waals surface area (Å²) in [7, 11) is 3.91. The molecule has 0 radical (unpaired) electrons. The third-order valence-corrected chi connectivity index (χ3v) is 3.52. The average molecular weight is 266 g/mol. The summed E-state index contributed by atoms with van der Waals surface area (Å²) in [6.45, 7) is 1.88. The second-order valence-corrected chi connectivity index (χ2v) is 5.55. The topological polar surface area (TPSA) is 72.5 Å². The zero-order chi connectivity index (χ0) is 13.9. The minimum Gasteiger partial charge on any atom is -0.388 e. The lowest BCUT2D eigenvalue weighted by atomic mass is 9.94. The molecule has 1 saturated heterocycles. The number of hydrogen-bond donors (Lipinski definition) is 2. The highest BCUT2D eigenvalue weighted by atomic mass is 16.3. The molecule has 6 nitrogen and oxygen atoms in total. The van der Waals surface area contributed by atoms with Crippen LogP contribution < -0.4 is 0 Å². The van der Waals surface area contributed by atoms with Crippen LogP contribution in [-0.4, -0.2) is 70.1 Å². The summed E-state index contributed by atoms with van der Waals surface area (Å²) in [6.07, 6.45) is 5.38. The van der Waals surface area contributed by atoms with Crippen LogP contribution in [0.1, 0.15) is 29.9 Å². The van der Waals surface area contributed by atoms with Gasteiger partial charge in [0.05, 0.1) is 5.60 Å². The number of H-pyrrole nitrogens is 1. The summed E-state index contributed by atoms with van der Waals surface area (Å²) in [4.78, 5) is 22.8. The Labute approximate surface area is 113 Å². The summed E-state index contributed by atoms with van der Waals surface area (Å²) < 4.78 is 0. The third-order valence-electron chi connectivity index (χ3n) is 3.52. The van der Waals surface area contributed by atoms with Gasteiger partial charge in [-0.1, -0.05) is 0 Å². The zero-order valence-corrected chi connectivity index (χ0v) is 11.6. The second-order valence-electron chi connectivity index (χ2n) is 5.55. The van der Waals surface area contributed by atoms with Crippen molar-refractivity contribution in [2.45, 2.75) is 24.9 Å². The van der Waals surface area contributed by atoms with Crippen LogP contribution in [0.5, 0.6) is 0 Å². The lowest BCUT2D eigenvalue weighted by Crippen LogP contribution is -2.41. The first kappa shape index (κ1) is 14.0. The Morgan fingerprint density at radius 3 is 2.95 bits per heavy atom. The van der Waals surface area contributed by atoms with Gasteiger partial charge in [-0.3, -0.25) is 4.79 Å². The van der Waals surface area contributed by atoms with Gasteiger partial charge in [-0.05, 0) is 33.4 Å². The summed E-state index contributed by atoms with van der Waals surface area (Å²) in [5, 5.41) is 10.5. The van der Waals surface area contributed by atoms with Crippen molar-refractivity contribution in [3.8, 4) is 0 Å². The fraction of sp³-hybridized carbons (Fsp3) is 0.692. The Morgan fingerprint density at radius 2 is 2.32 bits per heavy atom. The monoisotopic (exact) mass is 266 g/mol. The van der Waals surface area contributed by atoms with Gasteiger partial charge in [-0.25, -0.2) is 4.98 Å². The molecule has 1 aliphatic rings. The molecule has 1 aliphatic heterocycles. The number of carbonyl (C=O) groups excluding carboxylic acids is 1. The van der Waals surface area contributed by atoms with E-state index in [2.05, 4.69) is 9.97 Å². The molecule has 1 amide bonds. The molecule has 0 aliphatic carbocycles. The Bertz CT molecular complexity index is 418. The quantitative estimate of drug-likeness (QED) is 0.827.